The van der Waals surface area contributed by atoms with Crippen molar-refractivity contribution in [1.29, 1.82) is 0 Å². The van der Waals surface area contributed by atoms with E-state index in [0.29, 0.717) is 0 Å². The minimum absolute atomic E-state index is 0.981. The van der Waals surface area contributed by atoms with E-state index in [2.05, 4.69) is 44.3 Å². The average molecular weight is 341 g/mol. The van der Waals surface area contributed by atoms with Crippen molar-refractivity contribution < 1.29 is 0 Å². The first-order chi connectivity index (χ1) is 11.8. The number of rotatable bonds is 4. The van der Waals surface area contributed by atoms with Crippen molar-refractivity contribution in [3.05, 3.63) is 52.2 Å². The average Bonchev–Trinajstić information content (AvgIpc) is 3.11. The summed E-state index contributed by atoms with van der Waals surface area (Å²) < 4.78 is 1.96. The molecule has 1 saturated heterocycles. The topological polar surface area (TPSA) is 36.7 Å². The zero-order chi connectivity index (χ0) is 16.4. The molecular weight excluding hydrogens is 318 g/mol. The number of hydrogen-bond acceptors (Lipinski definition) is 5. The van der Waals surface area contributed by atoms with E-state index < -0.39 is 0 Å². The number of hydrogen-bond donors (Lipinski definition) is 0. The zero-order valence-electron chi connectivity index (χ0n) is 14.1. The van der Waals surface area contributed by atoms with Gasteiger partial charge in [-0.3, -0.25) is 9.80 Å². The van der Waals surface area contributed by atoms with Gasteiger partial charge in [-0.2, -0.15) is 5.10 Å². The van der Waals surface area contributed by atoms with Gasteiger partial charge in [-0.05, 0) is 38.6 Å². The Labute approximate surface area is 146 Å². The van der Waals surface area contributed by atoms with Gasteiger partial charge in [-0.25, -0.2) is 9.50 Å². The van der Waals surface area contributed by atoms with E-state index in [0.717, 1.165) is 44.3 Å². The quantitative estimate of drug-likeness (QED) is 0.731. The summed E-state index contributed by atoms with van der Waals surface area (Å²) in [6.45, 7) is 8.56. The second-order valence-electron chi connectivity index (χ2n) is 6.46. The highest BCUT2D eigenvalue weighted by Gasteiger charge is 2.17. The van der Waals surface area contributed by atoms with Crippen LogP contribution in [0.3, 0.4) is 0 Å². The second-order valence-corrected chi connectivity index (χ2v) is 7.53. The zero-order valence-corrected chi connectivity index (χ0v) is 14.9. The largest absolute Gasteiger partial charge is 0.298 e. The Kier molecular flexibility index (Phi) is 4.60. The number of aryl methyl sites for hydroxylation is 1. The molecular formula is C18H23N5S. The molecule has 6 heteroatoms. The molecule has 24 heavy (non-hydrogen) atoms. The van der Waals surface area contributed by atoms with Gasteiger partial charge >= 0.3 is 0 Å². The van der Waals surface area contributed by atoms with Crippen LogP contribution >= 0.6 is 11.3 Å². The minimum atomic E-state index is 0.981. The lowest BCUT2D eigenvalue weighted by molar-refractivity contribution is 0.246. The Bertz CT molecular complexity index is 808. The van der Waals surface area contributed by atoms with E-state index in [1.54, 1.807) is 11.3 Å². The van der Waals surface area contributed by atoms with Crippen molar-refractivity contribution in [2.45, 2.75) is 26.4 Å². The van der Waals surface area contributed by atoms with Gasteiger partial charge in [0.1, 0.15) is 0 Å². The van der Waals surface area contributed by atoms with E-state index in [4.69, 9.17) is 0 Å². The fourth-order valence-corrected chi connectivity index (χ4v) is 4.00. The van der Waals surface area contributed by atoms with Crippen LogP contribution in [0.4, 0.5) is 0 Å². The van der Waals surface area contributed by atoms with Crippen LogP contribution in [-0.2, 0) is 13.1 Å². The number of thiazole rings is 1. The smallest absolute Gasteiger partial charge is 0.0897 e. The summed E-state index contributed by atoms with van der Waals surface area (Å²) in [6.07, 6.45) is 5.23. The van der Waals surface area contributed by atoms with Crippen LogP contribution in [-0.4, -0.2) is 50.6 Å². The first-order valence-corrected chi connectivity index (χ1v) is 9.43. The predicted molar refractivity (Wildman–Crippen MR) is 97.2 cm³/mol. The van der Waals surface area contributed by atoms with Crippen LogP contribution in [0, 0.1) is 6.92 Å². The first kappa shape index (κ1) is 15.7. The molecule has 3 aromatic heterocycles. The molecule has 4 rings (SSSR count). The van der Waals surface area contributed by atoms with Crippen LogP contribution < -0.4 is 0 Å². The highest BCUT2D eigenvalue weighted by Crippen LogP contribution is 2.16. The standard InChI is InChI=1S/C18H23N5S/c1-15-20-17(14-24-15)13-22-7-4-6-21(9-10-22)12-16-11-19-23-8-3-2-5-18(16)23/h2-3,5,8,11,14H,4,6-7,9-10,12-13H2,1H3. The SMILES string of the molecule is Cc1nc(CN2CCCN(Cc3cnn4ccccc34)CC2)cs1. The van der Waals surface area contributed by atoms with Gasteiger partial charge in [0.15, 0.2) is 0 Å². The molecule has 3 aromatic rings. The summed E-state index contributed by atoms with van der Waals surface area (Å²) in [5.41, 5.74) is 3.75. The van der Waals surface area contributed by atoms with Gasteiger partial charge in [0, 0.05) is 43.3 Å². The molecule has 1 aliphatic rings. The normalized spacial score (nSPS) is 17.4. The molecule has 0 spiro atoms. The molecule has 0 saturated carbocycles. The molecule has 0 N–H and O–H groups in total. The summed E-state index contributed by atoms with van der Waals surface area (Å²) in [6, 6.07) is 6.26. The molecule has 0 radical (unpaired) electrons. The highest BCUT2D eigenvalue weighted by atomic mass is 32.1. The maximum Gasteiger partial charge on any atom is 0.0897 e. The second kappa shape index (κ2) is 7.01. The Morgan fingerprint density at radius 3 is 2.71 bits per heavy atom. The van der Waals surface area contributed by atoms with Crippen LogP contribution in [0.5, 0.6) is 0 Å². The molecule has 0 atom stereocenters. The molecule has 1 fully saturated rings. The van der Waals surface area contributed by atoms with Gasteiger partial charge in [0.25, 0.3) is 0 Å². The monoisotopic (exact) mass is 341 g/mol. The maximum absolute atomic E-state index is 4.60. The molecule has 0 bridgehead atoms. The third kappa shape index (κ3) is 3.50. The Morgan fingerprint density at radius 2 is 1.92 bits per heavy atom. The van der Waals surface area contributed by atoms with Crippen molar-refractivity contribution >= 4 is 16.9 Å². The number of pyridine rings is 1. The molecule has 0 aliphatic carbocycles. The lowest BCUT2D eigenvalue weighted by atomic mass is 10.2. The first-order valence-electron chi connectivity index (χ1n) is 8.55. The number of fused-ring (bicyclic) bond motifs is 1. The third-order valence-corrected chi connectivity index (χ3v) is 5.46. The number of aromatic nitrogens is 3. The van der Waals surface area contributed by atoms with Crippen molar-refractivity contribution in [3.8, 4) is 0 Å². The van der Waals surface area contributed by atoms with Crippen molar-refractivity contribution in [2.75, 3.05) is 26.2 Å². The van der Waals surface area contributed by atoms with E-state index in [-0.39, 0.29) is 0 Å². The molecule has 0 unspecified atom stereocenters. The Hall–Kier alpha value is -1.76. The summed E-state index contributed by atoms with van der Waals surface area (Å²) in [4.78, 5) is 9.69. The predicted octanol–water partition coefficient (Wildman–Crippen LogP) is 2.81. The van der Waals surface area contributed by atoms with E-state index in [9.17, 15) is 0 Å². The molecule has 126 valence electrons. The van der Waals surface area contributed by atoms with Gasteiger partial charge in [-0.1, -0.05) is 6.07 Å². The molecule has 5 nitrogen and oxygen atoms in total. The fraction of sp³-hybridized carbons (Fsp3) is 0.444. The fourth-order valence-electron chi connectivity index (χ4n) is 3.40. The Balaban J connectivity index is 1.38. The van der Waals surface area contributed by atoms with Gasteiger partial charge in [0.05, 0.1) is 22.4 Å². The minimum Gasteiger partial charge on any atom is -0.298 e. The lowest BCUT2D eigenvalue weighted by Gasteiger charge is -2.21. The van der Waals surface area contributed by atoms with E-state index >= 15 is 0 Å². The molecule has 0 aromatic carbocycles. The summed E-state index contributed by atoms with van der Waals surface area (Å²) in [5, 5.41) is 7.81. The molecule has 1 aliphatic heterocycles. The maximum atomic E-state index is 4.60. The van der Waals surface area contributed by atoms with Crippen LogP contribution in [0.2, 0.25) is 0 Å². The van der Waals surface area contributed by atoms with Gasteiger partial charge in [0.2, 0.25) is 0 Å². The summed E-state index contributed by atoms with van der Waals surface area (Å²) in [7, 11) is 0. The molecule has 0 amide bonds. The highest BCUT2D eigenvalue weighted by molar-refractivity contribution is 7.09. The van der Waals surface area contributed by atoms with Gasteiger partial charge in [-0.15, -0.1) is 11.3 Å². The van der Waals surface area contributed by atoms with Gasteiger partial charge < -0.3 is 0 Å². The van der Waals surface area contributed by atoms with Crippen molar-refractivity contribution in [2.24, 2.45) is 0 Å². The van der Waals surface area contributed by atoms with Crippen LogP contribution in [0.25, 0.3) is 5.52 Å². The van der Waals surface area contributed by atoms with Crippen LogP contribution in [0.1, 0.15) is 22.7 Å². The summed E-state index contributed by atoms with van der Waals surface area (Å²) >= 11 is 1.75. The van der Waals surface area contributed by atoms with Crippen molar-refractivity contribution in [3.63, 3.8) is 0 Å². The third-order valence-electron chi connectivity index (χ3n) is 4.63. The van der Waals surface area contributed by atoms with E-state index in [1.807, 2.05) is 23.0 Å². The summed E-state index contributed by atoms with van der Waals surface area (Å²) in [5.74, 6) is 0. The number of nitrogens with zero attached hydrogens (tertiary/aromatic N) is 5. The lowest BCUT2D eigenvalue weighted by Crippen LogP contribution is -2.30. The molecule has 4 heterocycles. The Morgan fingerprint density at radius 1 is 1.08 bits per heavy atom. The van der Waals surface area contributed by atoms with Crippen molar-refractivity contribution in [1.82, 2.24) is 24.4 Å². The van der Waals surface area contributed by atoms with Crippen LogP contribution in [0.15, 0.2) is 36.0 Å². The van der Waals surface area contributed by atoms with E-state index in [1.165, 1.54) is 23.2 Å².